The number of benzene rings is 6. The summed E-state index contributed by atoms with van der Waals surface area (Å²) in [6.07, 6.45) is 0.686. The van der Waals surface area contributed by atoms with E-state index in [1.165, 1.54) is 160 Å². The molecule has 0 aliphatic carbocycles. The molecule has 0 unspecified atom stereocenters. The summed E-state index contributed by atoms with van der Waals surface area (Å²) in [5, 5.41) is 0. The molecule has 0 N–H and O–H groups in total. The van der Waals surface area contributed by atoms with Crippen LogP contribution in [0.1, 0.15) is 88.5 Å². The van der Waals surface area contributed by atoms with E-state index in [0.29, 0.717) is 40.7 Å². The van der Waals surface area contributed by atoms with Gasteiger partial charge in [-0.05, 0) is 105 Å². The van der Waals surface area contributed by atoms with Crippen LogP contribution in [0.25, 0.3) is 0 Å². The molecule has 0 aliphatic rings. The topological polar surface area (TPSA) is 287 Å². The second kappa shape index (κ2) is 35.2. The van der Waals surface area contributed by atoms with Gasteiger partial charge in [0.2, 0.25) is 17.2 Å². The fraction of sp³-hybridized carbons (Fsp3) is 0.382. The molecule has 26 heteroatoms. The molecule has 0 atom stereocenters. The van der Waals surface area contributed by atoms with Crippen LogP contribution < -0.4 is 66.3 Å². The molecule has 0 radical (unpaired) electrons. The summed E-state index contributed by atoms with van der Waals surface area (Å²) in [6.45, 7) is 3.42. The highest BCUT2D eigenvalue weighted by atomic mass is 16.6. The van der Waals surface area contributed by atoms with Gasteiger partial charge in [0.15, 0.2) is 34.5 Å². The van der Waals surface area contributed by atoms with E-state index in [-0.39, 0.29) is 119 Å². The first kappa shape index (κ1) is 74.1. The molecule has 0 aliphatic heterocycles. The van der Waals surface area contributed by atoms with Crippen LogP contribution >= 0.6 is 0 Å². The number of ether oxygens (including phenoxy) is 20. The minimum atomic E-state index is -1.26. The summed E-state index contributed by atoms with van der Waals surface area (Å²) in [5.41, 5.74) is -0.577. The third-order valence-corrected chi connectivity index (χ3v) is 14.0. The number of aryl methyl sites for hydroxylation is 1. The summed E-state index contributed by atoms with van der Waals surface area (Å²) >= 11 is 0. The van der Waals surface area contributed by atoms with Crippen LogP contribution in [0.15, 0.2) is 91.0 Å². The molecule has 6 aromatic carbocycles. The fourth-order valence-electron chi connectivity index (χ4n) is 8.74. The van der Waals surface area contributed by atoms with Crippen molar-refractivity contribution in [3.05, 3.63) is 130 Å². The molecular weight excluding hydrogens is 1230 g/mol. The molecule has 0 spiro atoms. The van der Waals surface area contributed by atoms with Crippen molar-refractivity contribution in [1.29, 1.82) is 0 Å². The van der Waals surface area contributed by atoms with Crippen LogP contribution in [0.2, 0.25) is 0 Å². The molecule has 0 saturated heterocycles. The van der Waals surface area contributed by atoms with Crippen molar-refractivity contribution in [2.45, 2.75) is 27.2 Å². The zero-order valence-electron chi connectivity index (χ0n) is 55.7. The highest BCUT2D eigenvalue weighted by Gasteiger charge is 2.35. The maximum Gasteiger partial charge on any atom is 0.338 e. The van der Waals surface area contributed by atoms with Crippen molar-refractivity contribution < 1.29 is 124 Å². The zero-order valence-corrected chi connectivity index (χ0v) is 55.7. The molecule has 6 aromatic rings. The second-order valence-electron chi connectivity index (χ2n) is 20.9. The van der Waals surface area contributed by atoms with E-state index in [1.807, 2.05) is 13.0 Å². The number of hydrogen-bond acceptors (Lipinski definition) is 26. The molecule has 0 saturated carbocycles. The highest BCUT2D eigenvalue weighted by molar-refractivity contribution is 5.94. The van der Waals surface area contributed by atoms with Crippen molar-refractivity contribution in [1.82, 2.24) is 0 Å². The predicted octanol–water partition coefficient (Wildman–Crippen LogP) is 9.81. The van der Waals surface area contributed by atoms with Crippen molar-refractivity contribution in [3.8, 4) is 80.5 Å². The van der Waals surface area contributed by atoms with Gasteiger partial charge >= 0.3 is 35.8 Å². The molecule has 508 valence electrons. The number of carbonyl (C=O) groups is 6. The third kappa shape index (κ3) is 19.7. The summed E-state index contributed by atoms with van der Waals surface area (Å²) < 4.78 is 108. The number of carbonyl (C=O) groups excluding carboxylic acids is 6. The van der Waals surface area contributed by atoms with Gasteiger partial charge in [0.05, 0.1) is 144 Å². The lowest BCUT2D eigenvalue weighted by Crippen LogP contribution is -2.37. The van der Waals surface area contributed by atoms with Crippen LogP contribution in [0.3, 0.4) is 0 Å². The quantitative estimate of drug-likeness (QED) is 0.0273. The van der Waals surface area contributed by atoms with Gasteiger partial charge in [-0.15, -0.1) is 0 Å². The molecule has 0 heterocycles. The van der Waals surface area contributed by atoms with E-state index in [4.69, 9.17) is 94.7 Å². The smallest absolute Gasteiger partial charge is 0.338 e. The lowest BCUT2D eigenvalue weighted by Gasteiger charge is -2.28. The predicted molar refractivity (Wildman–Crippen MR) is 338 cm³/mol. The van der Waals surface area contributed by atoms with E-state index >= 15 is 0 Å². The molecule has 0 bridgehead atoms. The highest BCUT2D eigenvalue weighted by Crippen LogP contribution is 2.41. The Bertz CT molecular complexity index is 3090. The van der Waals surface area contributed by atoms with Gasteiger partial charge in [-0.2, -0.15) is 0 Å². The number of rotatable bonds is 33. The fourth-order valence-corrected chi connectivity index (χ4v) is 8.74. The Labute approximate surface area is 545 Å². The Morgan fingerprint density at radius 1 is 0.255 bits per heavy atom. The van der Waals surface area contributed by atoms with Crippen molar-refractivity contribution >= 4 is 35.8 Å². The Kier molecular flexibility index (Phi) is 27.8. The SMILES string of the molecule is CCc1cc(OC)cc(C(=O)OCC(C)(COC(=O)c2cc(OC)cc(OC)c2)COC(=O)c2cc(OC)cc(OC)c2)c1.COc1cc(C(=O)OCC(C)(COC(=O)c2cc(OC)c(OC)c(OC)c2)COC(=O)c2cc(OC)c(OC)c(OC)c2)cc(OC)c1OC. The minimum Gasteiger partial charge on any atom is -0.497 e. The molecule has 0 fully saturated rings. The van der Waals surface area contributed by atoms with Crippen molar-refractivity contribution in [3.63, 3.8) is 0 Å². The van der Waals surface area contributed by atoms with E-state index in [1.54, 1.807) is 38.1 Å². The van der Waals surface area contributed by atoms with E-state index in [0.717, 1.165) is 5.56 Å². The van der Waals surface area contributed by atoms with Crippen LogP contribution in [-0.4, -0.2) is 175 Å². The van der Waals surface area contributed by atoms with Crippen molar-refractivity contribution in [2.75, 3.05) is 139 Å². The summed E-state index contributed by atoms with van der Waals surface area (Å²) in [7, 11) is 20.1. The van der Waals surface area contributed by atoms with Gasteiger partial charge < -0.3 is 94.7 Å². The number of hydrogen-bond donors (Lipinski definition) is 0. The lowest BCUT2D eigenvalue weighted by molar-refractivity contribution is -0.0301. The van der Waals surface area contributed by atoms with E-state index in [9.17, 15) is 28.8 Å². The maximum atomic E-state index is 13.3. The standard InChI is InChI=1S/C35H42O15.C33H38O11/c1-35(17-48-32(36)20-11-23(39-2)29(45-8)24(12-20)40-3,18-49-33(37)21-13-25(41-4)30(46-9)26(14-21)42-5)19-50-34(38)22-15-27(43-6)31(47-10)28(16-22)44-7;1-8-21-9-22(11-25(10-21)37-3)30(34)42-18-33(2,19-43-31(35)23-12-26(38-4)16-27(13-23)39-5)20-44-32(36)24-14-28(40-6)17-29(15-24)41-7/h11-16H,17-19H2,1-10H3;9-17H,8,18-20H2,1-7H3. The first-order valence-electron chi connectivity index (χ1n) is 28.6. The first-order chi connectivity index (χ1) is 45.0. The van der Waals surface area contributed by atoms with Gasteiger partial charge in [-0.3, -0.25) is 0 Å². The molecule has 6 rings (SSSR count). The Morgan fingerprint density at radius 2 is 0.447 bits per heavy atom. The van der Waals surface area contributed by atoms with Crippen LogP contribution in [0, 0.1) is 10.8 Å². The van der Waals surface area contributed by atoms with Crippen molar-refractivity contribution in [2.24, 2.45) is 10.8 Å². The van der Waals surface area contributed by atoms with Crippen LogP contribution in [-0.2, 0) is 34.8 Å². The molecule has 0 amide bonds. The summed E-state index contributed by atoms with van der Waals surface area (Å²) in [4.78, 5) is 79.0. The lowest BCUT2D eigenvalue weighted by atomic mass is 9.94. The van der Waals surface area contributed by atoms with Gasteiger partial charge in [0.25, 0.3) is 0 Å². The Morgan fingerprint density at radius 3 is 0.628 bits per heavy atom. The average Bonchev–Trinajstić information content (AvgIpc) is 0.867. The van der Waals surface area contributed by atoms with Gasteiger partial charge in [-0.25, -0.2) is 28.8 Å². The minimum absolute atomic E-state index is 0.0886. The monoisotopic (exact) mass is 1310 g/mol. The molecule has 0 aromatic heterocycles. The molecule has 26 nitrogen and oxygen atoms in total. The summed E-state index contributed by atoms with van der Waals surface area (Å²) in [6, 6.07) is 23.0. The van der Waals surface area contributed by atoms with Gasteiger partial charge in [-0.1, -0.05) is 6.92 Å². The second-order valence-corrected chi connectivity index (χ2v) is 20.9. The largest absolute Gasteiger partial charge is 0.497 e. The Balaban J connectivity index is 0.000000343. The summed E-state index contributed by atoms with van der Waals surface area (Å²) in [5.74, 6) is 0.153. The first-order valence-corrected chi connectivity index (χ1v) is 28.6. The Hall–Kier alpha value is -10.7. The molecular formula is C68H80O26. The van der Waals surface area contributed by atoms with Crippen LogP contribution in [0.5, 0.6) is 80.5 Å². The van der Waals surface area contributed by atoms with Gasteiger partial charge in [0.1, 0.15) is 68.4 Å². The average molecular weight is 1310 g/mol. The maximum absolute atomic E-state index is 13.3. The third-order valence-electron chi connectivity index (χ3n) is 14.0. The van der Waals surface area contributed by atoms with E-state index in [2.05, 4.69) is 0 Å². The van der Waals surface area contributed by atoms with Crippen LogP contribution in [0.4, 0.5) is 0 Å². The van der Waals surface area contributed by atoms with E-state index < -0.39 is 46.6 Å². The zero-order chi connectivity index (χ0) is 69.3. The number of esters is 6. The van der Waals surface area contributed by atoms with Gasteiger partial charge in [0, 0.05) is 12.1 Å². The molecule has 94 heavy (non-hydrogen) atoms. The normalized spacial score (nSPS) is 10.7. The number of methoxy groups -OCH3 is 14.